The van der Waals surface area contributed by atoms with Crippen LogP contribution in [0.25, 0.3) is 0 Å². The van der Waals surface area contributed by atoms with Crippen molar-refractivity contribution < 1.29 is 4.74 Å². The number of hydrogen-bond acceptors (Lipinski definition) is 3. The van der Waals surface area contributed by atoms with Crippen molar-refractivity contribution in [3.63, 3.8) is 0 Å². The van der Waals surface area contributed by atoms with Gasteiger partial charge in [-0.05, 0) is 6.07 Å². The summed E-state index contributed by atoms with van der Waals surface area (Å²) in [7, 11) is 0.217. The van der Waals surface area contributed by atoms with Gasteiger partial charge in [0.05, 0.1) is 7.11 Å². The van der Waals surface area contributed by atoms with Crippen LogP contribution in [0, 0.1) is 11.5 Å². The number of rotatable bonds is 1. The molecule has 3 nitrogen and oxygen atoms in total. The van der Waals surface area contributed by atoms with Crippen LogP contribution in [0.1, 0.15) is 5.69 Å². The molecule has 0 aromatic carbocycles. The molecule has 0 aliphatic carbocycles. The largest absolute Gasteiger partial charge is 0.467 e. The molecule has 4 heteroatoms. The van der Waals surface area contributed by atoms with Crippen LogP contribution in [-0.2, 0) is 0 Å². The smallest absolute Gasteiger partial charge is 0.317 e. The van der Waals surface area contributed by atoms with Gasteiger partial charge in [-0.1, -0.05) is 25.6 Å². The topological polar surface area (TPSA) is 35.0 Å². The van der Waals surface area contributed by atoms with Crippen molar-refractivity contribution in [1.82, 2.24) is 9.97 Å². The van der Waals surface area contributed by atoms with Crippen molar-refractivity contribution in [3.05, 3.63) is 18.0 Å². The van der Waals surface area contributed by atoms with Gasteiger partial charge in [-0.2, -0.15) is 4.98 Å². The molecular weight excluding hydrogens is 192 g/mol. The Kier molecular flexibility index (Phi) is 3.26. The molecule has 0 unspecified atom stereocenters. The summed E-state index contributed by atoms with van der Waals surface area (Å²) in [6.07, 6.45) is 1.65. The maximum atomic E-state index is 4.91. The lowest BCUT2D eigenvalue weighted by Gasteiger charge is -2.03. The summed E-state index contributed by atoms with van der Waals surface area (Å²) in [4.78, 5) is 8.02. The van der Waals surface area contributed by atoms with E-state index in [2.05, 4.69) is 41.1 Å². The third-order valence-corrected chi connectivity index (χ3v) is 2.26. The summed E-state index contributed by atoms with van der Waals surface area (Å²) >= 11 is 0. The lowest BCUT2D eigenvalue weighted by atomic mass is 10.4. The van der Waals surface area contributed by atoms with E-state index in [0.717, 1.165) is 5.69 Å². The van der Waals surface area contributed by atoms with Crippen LogP contribution in [0.2, 0.25) is 19.6 Å². The van der Waals surface area contributed by atoms with Gasteiger partial charge in [0.25, 0.3) is 0 Å². The first kappa shape index (κ1) is 10.7. The first-order valence-electron chi connectivity index (χ1n) is 4.41. The Labute approximate surface area is 85.6 Å². The summed E-state index contributed by atoms with van der Waals surface area (Å²) in [6, 6.07) is 2.16. The van der Waals surface area contributed by atoms with E-state index in [0.29, 0.717) is 6.01 Å². The average molecular weight is 206 g/mol. The van der Waals surface area contributed by atoms with Crippen LogP contribution in [0.15, 0.2) is 12.3 Å². The highest BCUT2D eigenvalue weighted by Gasteiger charge is 2.07. The molecular formula is C10H14N2OSi. The Morgan fingerprint density at radius 1 is 1.36 bits per heavy atom. The second-order valence-corrected chi connectivity index (χ2v) is 8.68. The molecule has 1 rings (SSSR count). The first-order chi connectivity index (χ1) is 6.51. The fourth-order valence-corrected chi connectivity index (χ4v) is 1.26. The minimum absolute atomic E-state index is 0.368. The SMILES string of the molecule is COc1nccc(C#C[Si](C)(C)C)n1. The quantitative estimate of drug-likeness (QED) is 0.518. The van der Waals surface area contributed by atoms with Gasteiger partial charge in [-0.15, -0.1) is 5.54 Å². The third-order valence-electron chi connectivity index (χ3n) is 1.38. The van der Waals surface area contributed by atoms with Crippen LogP contribution >= 0.6 is 0 Å². The molecule has 0 aliphatic rings. The maximum absolute atomic E-state index is 4.91. The molecule has 0 radical (unpaired) electrons. The van der Waals surface area contributed by atoms with Gasteiger partial charge in [-0.3, -0.25) is 0 Å². The Hall–Kier alpha value is -1.34. The van der Waals surface area contributed by atoms with E-state index in [9.17, 15) is 0 Å². The molecule has 0 N–H and O–H groups in total. The summed E-state index contributed by atoms with van der Waals surface area (Å²) in [5, 5.41) is 0. The molecule has 0 spiro atoms. The van der Waals surface area contributed by atoms with Crippen molar-refractivity contribution in [2.24, 2.45) is 0 Å². The van der Waals surface area contributed by atoms with Crippen LogP contribution < -0.4 is 4.74 Å². The highest BCUT2D eigenvalue weighted by Crippen LogP contribution is 2.02. The van der Waals surface area contributed by atoms with Crippen LogP contribution in [0.4, 0.5) is 0 Å². The zero-order chi connectivity index (χ0) is 10.6. The second-order valence-electron chi connectivity index (χ2n) is 3.93. The molecule has 0 aliphatic heterocycles. The number of ether oxygens (including phenoxy) is 1. The molecule has 0 fully saturated rings. The fraction of sp³-hybridized carbons (Fsp3) is 0.400. The highest BCUT2D eigenvalue weighted by molar-refractivity contribution is 6.83. The monoisotopic (exact) mass is 206 g/mol. The molecule has 14 heavy (non-hydrogen) atoms. The van der Waals surface area contributed by atoms with E-state index < -0.39 is 8.07 Å². The van der Waals surface area contributed by atoms with Gasteiger partial charge in [-0.25, -0.2) is 4.98 Å². The normalized spacial score (nSPS) is 10.3. The summed E-state index contributed by atoms with van der Waals surface area (Å²) in [6.45, 7) is 6.58. The molecule has 0 saturated heterocycles. The van der Waals surface area contributed by atoms with Crippen molar-refractivity contribution in [2.45, 2.75) is 19.6 Å². The van der Waals surface area contributed by atoms with Gasteiger partial charge < -0.3 is 4.74 Å². The fourth-order valence-electron chi connectivity index (χ4n) is 0.760. The summed E-state index contributed by atoms with van der Waals surface area (Å²) < 4.78 is 4.91. The first-order valence-corrected chi connectivity index (χ1v) is 7.91. The van der Waals surface area contributed by atoms with E-state index in [1.807, 2.05) is 0 Å². The summed E-state index contributed by atoms with van der Waals surface area (Å²) in [5.74, 6) is 3.04. The second kappa shape index (κ2) is 4.25. The molecule has 0 saturated carbocycles. The predicted molar refractivity (Wildman–Crippen MR) is 58.8 cm³/mol. The van der Waals surface area contributed by atoms with E-state index in [1.165, 1.54) is 0 Å². The Bertz CT molecular complexity index is 374. The third kappa shape index (κ3) is 3.58. The van der Waals surface area contributed by atoms with E-state index in [4.69, 9.17) is 4.74 Å². The number of hydrogen-bond donors (Lipinski definition) is 0. The molecule has 1 aromatic rings. The Morgan fingerprint density at radius 2 is 2.07 bits per heavy atom. The molecule has 1 heterocycles. The molecule has 0 amide bonds. The van der Waals surface area contributed by atoms with Crippen molar-refractivity contribution in [2.75, 3.05) is 7.11 Å². The zero-order valence-corrected chi connectivity index (χ0v) is 9.96. The molecule has 1 aromatic heterocycles. The standard InChI is InChI=1S/C10H14N2OSi/c1-13-10-11-7-5-9(12-10)6-8-14(2,3)4/h5,7H,1-4H3. The average Bonchev–Trinajstić information content (AvgIpc) is 2.14. The highest BCUT2D eigenvalue weighted by atomic mass is 28.3. The van der Waals surface area contributed by atoms with Crippen LogP contribution in [0.3, 0.4) is 0 Å². The minimum Gasteiger partial charge on any atom is -0.467 e. The van der Waals surface area contributed by atoms with Gasteiger partial charge in [0.2, 0.25) is 0 Å². The van der Waals surface area contributed by atoms with Crippen molar-refractivity contribution >= 4 is 8.07 Å². The number of methoxy groups -OCH3 is 1. The Balaban J connectivity index is 2.90. The van der Waals surface area contributed by atoms with Crippen LogP contribution in [0.5, 0.6) is 6.01 Å². The molecule has 0 atom stereocenters. The van der Waals surface area contributed by atoms with E-state index >= 15 is 0 Å². The van der Waals surface area contributed by atoms with Crippen molar-refractivity contribution in [3.8, 4) is 17.5 Å². The van der Waals surface area contributed by atoms with Crippen LogP contribution in [-0.4, -0.2) is 25.2 Å². The van der Waals surface area contributed by atoms with Gasteiger partial charge in [0, 0.05) is 6.20 Å². The van der Waals surface area contributed by atoms with Gasteiger partial charge >= 0.3 is 6.01 Å². The van der Waals surface area contributed by atoms with E-state index in [1.54, 1.807) is 19.4 Å². The molecule has 74 valence electrons. The zero-order valence-electron chi connectivity index (χ0n) is 8.96. The number of aromatic nitrogens is 2. The van der Waals surface area contributed by atoms with Crippen molar-refractivity contribution in [1.29, 1.82) is 0 Å². The minimum atomic E-state index is -1.33. The molecule has 0 bridgehead atoms. The maximum Gasteiger partial charge on any atom is 0.317 e. The lowest BCUT2D eigenvalue weighted by molar-refractivity contribution is 0.379. The Morgan fingerprint density at radius 3 is 2.64 bits per heavy atom. The summed E-state index contributed by atoms with van der Waals surface area (Å²) in [5.41, 5.74) is 3.95. The number of nitrogens with zero attached hydrogens (tertiary/aromatic N) is 2. The van der Waals surface area contributed by atoms with E-state index in [-0.39, 0.29) is 0 Å². The van der Waals surface area contributed by atoms with Gasteiger partial charge in [0.1, 0.15) is 13.8 Å². The lowest BCUT2D eigenvalue weighted by Crippen LogP contribution is -2.16. The van der Waals surface area contributed by atoms with Gasteiger partial charge in [0.15, 0.2) is 0 Å². The predicted octanol–water partition coefficient (Wildman–Crippen LogP) is 1.71.